The second-order valence-electron chi connectivity index (χ2n) is 17.0. The molecular formula is C61H44N4. The topological polar surface area (TPSA) is 51.0 Å². The Morgan fingerprint density at radius 1 is 0.400 bits per heavy atom. The standard InChI is InChI=1S/C61H44N4/c1-2-46-47(40-20-7-3-8-21-40)30-19-33-56(41-22-9-4-10-23-41)62-57(46)44-34-36-54-50(38-44)51-39-45(35-37-55(51)61(54)52-31-17-15-28-48(52)49-29-16-18-32-53(49)61)60-64-58(42-24-11-5-12-25-42)63-59(65-60)43-26-13-6-14-27-43/h3-18,20-29,31-39H,2,19,30H2,1H3/b47-46?,56-33-,62-57?. The predicted octanol–water partition coefficient (Wildman–Crippen LogP) is 14.7. The van der Waals surface area contributed by atoms with E-state index in [1.807, 2.05) is 36.4 Å². The van der Waals surface area contributed by atoms with Crippen molar-refractivity contribution in [2.45, 2.75) is 31.6 Å². The number of benzene rings is 8. The van der Waals surface area contributed by atoms with Crippen LogP contribution in [0.5, 0.6) is 0 Å². The molecule has 308 valence electrons. The highest BCUT2D eigenvalue weighted by Crippen LogP contribution is 2.63. The van der Waals surface area contributed by atoms with Gasteiger partial charge in [-0.05, 0) is 98.2 Å². The van der Waals surface area contributed by atoms with Gasteiger partial charge in [0, 0.05) is 22.3 Å². The summed E-state index contributed by atoms with van der Waals surface area (Å²) in [5.41, 5.74) is 20.5. The summed E-state index contributed by atoms with van der Waals surface area (Å²) in [6, 6.07) is 73.9. The zero-order chi connectivity index (χ0) is 43.3. The summed E-state index contributed by atoms with van der Waals surface area (Å²) >= 11 is 0. The second-order valence-corrected chi connectivity index (χ2v) is 17.0. The molecule has 0 N–H and O–H groups in total. The lowest BCUT2D eigenvalue weighted by molar-refractivity contribution is 0.793. The van der Waals surface area contributed by atoms with Crippen LogP contribution in [0.4, 0.5) is 0 Å². The summed E-state index contributed by atoms with van der Waals surface area (Å²) in [7, 11) is 0. The molecule has 0 bridgehead atoms. The molecule has 2 aliphatic carbocycles. The summed E-state index contributed by atoms with van der Waals surface area (Å²) in [5, 5.41) is 0. The van der Waals surface area contributed by atoms with Crippen molar-refractivity contribution < 1.29 is 0 Å². The van der Waals surface area contributed by atoms with Crippen LogP contribution in [0.2, 0.25) is 0 Å². The van der Waals surface area contributed by atoms with Crippen molar-refractivity contribution >= 4 is 17.0 Å². The molecule has 12 rings (SSSR count). The van der Waals surface area contributed by atoms with Gasteiger partial charge in [-0.15, -0.1) is 0 Å². The molecule has 0 radical (unpaired) electrons. The number of rotatable bonds is 7. The normalized spacial score (nSPS) is 15.2. The number of allylic oxidation sites excluding steroid dienone is 3. The number of aromatic nitrogens is 3. The van der Waals surface area contributed by atoms with Crippen LogP contribution in [0.15, 0.2) is 223 Å². The maximum atomic E-state index is 5.68. The van der Waals surface area contributed by atoms with Crippen LogP contribution < -0.4 is 0 Å². The van der Waals surface area contributed by atoms with Crippen LogP contribution in [0.1, 0.15) is 65.1 Å². The molecule has 0 unspecified atom stereocenters. The Balaban J connectivity index is 1.12. The monoisotopic (exact) mass is 832 g/mol. The van der Waals surface area contributed by atoms with Gasteiger partial charge in [-0.2, -0.15) is 0 Å². The Morgan fingerprint density at radius 3 is 1.37 bits per heavy atom. The van der Waals surface area contributed by atoms with Gasteiger partial charge in [-0.1, -0.05) is 207 Å². The van der Waals surface area contributed by atoms with E-state index in [1.165, 1.54) is 61.2 Å². The van der Waals surface area contributed by atoms with E-state index in [4.69, 9.17) is 19.9 Å². The molecule has 1 aromatic heterocycles. The van der Waals surface area contributed by atoms with Crippen LogP contribution in [0.3, 0.4) is 0 Å². The molecule has 4 heteroatoms. The molecular weight excluding hydrogens is 789 g/mol. The third kappa shape index (κ3) is 6.36. The summed E-state index contributed by atoms with van der Waals surface area (Å²) < 4.78 is 0. The first-order chi connectivity index (χ1) is 32.2. The molecule has 0 amide bonds. The van der Waals surface area contributed by atoms with Crippen LogP contribution in [-0.2, 0) is 5.41 Å². The molecule has 1 spiro atoms. The Labute approximate surface area is 380 Å². The highest BCUT2D eigenvalue weighted by Gasteiger charge is 2.51. The van der Waals surface area contributed by atoms with E-state index in [9.17, 15) is 0 Å². The average molecular weight is 833 g/mol. The van der Waals surface area contributed by atoms with Gasteiger partial charge >= 0.3 is 0 Å². The summed E-state index contributed by atoms with van der Waals surface area (Å²) in [6.07, 6.45) is 5.01. The molecule has 0 fully saturated rings. The summed E-state index contributed by atoms with van der Waals surface area (Å²) in [5.74, 6) is 1.92. The summed E-state index contributed by atoms with van der Waals surface area (Å²) in [4.78, 5) is 21.1. The van der Waals surface area contributed by atoms with Crippen molar-refractivity contribution in [2.75, 3.05) is 0 Å². The number of fused-ring (bicyclic) bond motifs is 10. The lowest BCUT2D eigenvalue weighted by Crippen LogP contribution is -2.26. The third-order valence-corrected chi connectivity index (χ3v) is 13.5. The van der Waals surface area contributed by atoms with E-state index in [-0.39, 0.29) is 0 Å². The Morgan fingerprint density at radius 2 is 0.831 bits per heavy atom. The maximum absolute atomic E-state index is 5.68. The van der Waals surface area contributed by atoms with Crippen LogP contribution >= 0.6 is 0 Å². The van der Waals surface area contributed by atoms with Crippen LogP contribution in [0.25, 0.3) is 67.7 Å². The molecule has 0 saturated carbocycles. The average Bonchev–Trinajstić information content (AvgIpc) is 3.84. The molecule has 0 saturated heterocycles. The Hall–Kier alpha value is -8.08. The highest BCUT2D eigenvalue weighted by atomic mass is 15.0. The van der Waals surface area contributed by atoms with Gasteiger partial charge in [-0.25, -0.2) is 19.9 Å². The van der Waals surface area contributed by atoms with Gasteiger partial charge < -0.3 is 0 Å². The van der Waals surface area contributed by atoms with E-state index in [0.29, 0.717) is 17.5 Å². The molecule has 2 heterocycles. The van der Waals surface area contributed by atoms with Gasteiger partial charge in [0.25, 0.3) is 0 Å². The molecule has 4 nitrogen and oxygen atoms in total. The first kappa shape index (κ1) is 38.6. The molecule has 65 heavy (non-hydrogen) atoms. The van der Waals surface area contributed by atoms with E-state index in [2.05, 4.69) is 183 Å². The number of hydrogen-bond donors (Lipinski definition) is 0. The summed E-state index contributed by atoms with van der Waals surface area (Å²) in [6.45, 7) is 2.28. The van der Waals surface area contributed by atoms with Crippen molar-refractivity contribution in [1.82, 2.24) is 15.0 Å². The molecule has 0 atom stereocenters. The third-order valence-electron chi connectivity index (χ3n) is 13.5. The van der Waals surface area contributed by atoms with Crippen molar-refractivity contribution in [3.8, 4) is 56.4 Å². The van der Waals surface area contributed by atoms with Crippen molar-refractivity contribution in [1.29, 1.82) is 0 Å². The Bertz CT molecular complexity index is 3280. The minimum absolute atomic E-state index is 0.519. The van der Waals surface area contributed by atoms with Gasteiger partial charge in [0.1, 0.15) is 0 Å². The van der Waals surface area contributed by atoms with Gasteiger partial charge in [0.05, 0.1) is 16.8 Å². The zero-order valence-corrected chi connectivity index (χ0v) is 36.1. The maximum Gasteiger partial charge on any atom is 0.164 e. The van der Waals surface area contributed by atoms with E-state index < -0.39 is 5.41 Å². The second kappa shape index (κ2) is 15.9. The van der Waals surface area contributed by atoms with Gasteiger partial charge in [0.15, 0.2) is 17.5 Å². The number of nitrogens with zero attached hydrogens (tertiary/aromatic N) is 4. The van der Waals surface area contributed by atoms with Gasteiger partial charge in [-0.3, -0.25) is 0 Å². The molecule has 8 aromatic carbocycles. The van der Waals surface area contributed by atoms with Crippen LogP contribution in [0, 0.1) is 0 Å². The minimum atomic E-state index is -0.519. The van der Waals surface area contributed by atoms with Gasteiger partial charge in [0.2, 0.25) is 0 Å². The first-order valence-corrected chi connectivity index (χ1v) is 22.7. The fourth-order valence-electron chi connectivity index (χ4n) is 10.6. The highest BCUT2D eigenvalue weighted by molar-refractivity contribution is 6.19. The SMILES string of the molecule is CCC1=C(c2ccccc2)CC/C=C(/c2ccccc2)N=C1c1ccc2c(c1)-c1cc(-c3nc(-c4ccccc4)nc(-c4ccccc4)n3)ccc1C21c2ccccc2-c2ccccc21. The lowest BCUT2D eigenvalue weighted by atomic mass is 9.70. The first-order valence-electron chi connectivity index (χ1n) is 22.7. The Kier molecular flexibility index (Phi) is 9.45. The smallest absolute Gasteiger partial charge is 0.164 e. The molecule has 3 aliphatic rings. The molecule has 1 aliphatic heterocycles. The van der Waals surface area contributed by atoms with E-state index in [0.717, 1.165) is 58.5 Å². The lowest BCUT2D eigenvalue weighted by Gasteiger charge is -2.30. The van der Waals surface area contributed by atoms with Crippen molar-refractivity contribution in [2.24, 2.45) is 4.99 Å². The largest absolute Gasteiger partial charge is 0.248 e. The van der Waals surface area contributed by atoms with E-state index in [1.54, 1.807) is 0 Å². The number of aliphatic imine (C=N–C) groups is 1. The minimum Gasteiger partial charge on any atom is -0.248 e. The fourth-order valence-corrected chi connectivity index (χ4v) is 10.6. The van der Waals surface area contributed by atoms with Crippen LogP contribution in [-0.4, -0.2) is 20.7 Å². The zero-order valence-electron chi connectivity index (χ0n) is 36.1. The van der Waals surface area contributed by atoms with E-state index >= 15 is 0 Å². The fraction of sp³-hybridized carbons (Fsp3) is 0.0820. The van der Waals surface area contributed by atoms with Crippen molar-refractivity contribution in [3.05, 3.63) is 257 Å². The quantitative estimate of drug-likeness (QED) is 0.161. The number of hydrogen-bond acceptors (Lipinski definition) is 4. The van der Waals surface area contributed by atoms with Crippen molar-refractivity contribution in [3.63, 3.8) is 0 Å². The predicted molar refractivity (Wildman–Crippen MR) is 266 cm³/mol. The molecule has 9 aromatic rings.